The number of carbonyl (C=O) groups is 2. The fourth-order valence-corrected chi connectivity index (χ4v) is 3.24. The summed E-state index contributed by atoms with van der Waals surface area (Å²) in [6.07, 6.45) is 1.44. The van der Waals surface area contributed by atoms with Crippen LogP contribution in [0.1, 0.15) is 33.6 Å². The van der Waals surface area contributed by atoms with Crippen molar-refractivity contribution in [3.05, 3.63) is 59.7 Å². The third kappa shape index (κ3) is 4.39. The number of rotatable bonds is 5. The van der Waals surface area contributed by atoms with Crippen LogP contribution in [0, 0.1) is 0 Å². The first-order chi connectivity index (χ1) is 13.1. The first-order valence-electron chi connectivity index (χ1n) is 8.99. The molecule has 1 N–H and O–H groups in total. The van der Waals surface area contributed by atoms with Crippen molar-refractivity contribution in [2.24, 2.45) is 0 Å². The van der Waals surface area contributed by atoms with Gasteiger partial charge in [-0.1, -0.05) is 18.2 Å². The summed E-state index contributed by atoms with van der Waals surface area (Å²) < 4.78 is 10.5. The zero-order valence-corrected chi connectivity index (χ0v) is 15.6. The molecule has 6 nitrogen and oxygen atoms in total. The van der Waals surface area contributed by atoms with Crippen molar-refractivity contribution in [1.82, 2.24) is 10.2 Å². The summed E-state index contributed by atoms with van der Waals surface area (Å²) in [5.41, 5.74) is 1.14. The van der Waals surface area contributed by atoms with Crippen LogP contribution in [-0.4, -0.2) is 50.1 Å². The number of nitrogens with one attached hydrogen (secondary N) is 1. The van der Waals surface area contributed by atoms with Gasteiger partial charge in [-0.05, 0) is 43.2 Å². The van der Waals surface area contributed by atoms with Crippen molar-refractivity contribution in [1.29, 1.82) is 0 Å². The quantitative estimate of drug-likeness (QED) is 0.881. The van der Waals surface area contributed by atoms with Gasteiger partial charge in [0.05, 0.1) is 19.8 Å². The Morgan fingerprint density at radius 2 is 1.70 bits per heavy atom. The fourth-order valence-electron chi connectivity index (χ4n) is 3.24. The molecule has 0 radical (unpaired) electrons. The molecule has 1 fully saturated rings. The first kappa shape index (κ1) is 18.8. The average molecular weight is 368 g/mol. The van der Waals surface area contributed by atoms with Crippen LogP contribution < -0.4 is 14.8 Å². The summed E-state index contributed by atoms with van der Waals surface area (Å²) in [6.45, 7) is 1.16. The van der Waals surface area contributed by atoms with E-state index in [0.29, 0.717) is 35.7 Å². The van der Waals surface area contributed by atoms with E-state index in [0.717, 1.165) is 12.8 Å². The molecule has 2 aromatic carbocycles. The number of hydrogen-bond donors (Lipinski definition) is 1. The Balaban J connectivity index is 1.60. The summed E-state index contributed by atoms with van der Waals surface area (Å²) in [5, 5.41) is 3.05. The normalized spacial score (nSPS) is 14.5. The maximum absolute atomic E-state index is 12.9. The highest BCUT2D eigenvalue weighted by Crippen LogP contribution is 2.26. The summed E-state index contributed by atoms with van der Waals surface area (Å²) in [5.74, 6) is 0.984. The molecule has 0 bridgehead atoms. The lowest BCUT2D eigenvalue weighted by Gasteiger charge is -2.32. The highest BCUT2D eigenvalue weighted by atomic mass is 16.5. The standard InChI is InChI=1S/C21H24N2O4/c1-26-17-8-9-19(27-2)18(14-17)21(25)23-12-10-16(11-13-23)22-20(24)15-6-4-3-5-7-15/h3-9,14,16H,10-13H2,1-2H3,(H,22,24). The molecule has 3 rings (SSSR count). The molecule has 142 valence electrons. The highest BCUT2D eigenvalue weighted by molar-refractivity contribution is 5.97. The second-order valence-corrected chi connectivity index (χ2v) is 6.47. The van der Waals surface area contributed by atoms with Gasteiger partial charge in [-0.25, -0.2) is 0 Å². The number of benzene rings is 2. The predicted octanol–water partition coefficient (Wildman–Crippen LogP) is 2.74. The van der Waals surface area contributed by atoms with E-state index < -0.39 is 0 Å². The van der Waals surface area contributed by atoms with Crippen molar-refractivity contribution >= 4 is 11.8 Å². The molecule has 6 heteroatoms. The summed E-state index contributed by atoms with van der Waals surface area (Å²) >= 11 is 0. The molecule has 1 heterocycles. The Morgan fingerprint density at radius 3 is 2.33 bits per heavy atom. The van der Waals surface area contributed by atoms with Crippen LogP contribution in [0.25, 0.3) is 0 Å². The molecule has 0 saturated carbocycles. The molecular formula is C21H24N2O4. The number of likely N-dealkylation sites (tertiary alicyclic amines) is 1. The predicted molar refractivity (Wildman–Crippen MR) is 102 cm³/mol. The second kappa shape index (κ2) is 8.58. The number of amides is 2. The van der Waals surface area contributed by atoms with E-state index in [-0.39, 0.29) is 17.9 Å². The van der Waals surface area contributed by atoms with Crippen LogP contribution in [0.5, 0.6) is 11.5 Å². The zero-order valence-electron chi connectivity index (χ0n) is 15.6. The van der Waals surface area contributed by atoms with Crippen molar-refractivity contribution in [3.8, 4) is 11.5 Å². The zero-order chi connectivity index (χ0) is 19.2. The van der Waals surface area contributed by atoms with Crippen molar-refractivity contribution < 1.29 is 19.1 Å². The fraction of sp³-hybridized carbons (Fsp3) is 0.333. The van der Waals surface area contributed by atoms with Gasteiger partial charge in [0, 0.05) is 24.7 Å². The summed E-state index contributed by atoms with van der Waals surface area (Å²) in [4.78, 5) is 27.0. The van der Waals surface area contributed by atoms with Gasteiger partial charge < -0.3 is 19.7 Å². The van der Waals surface area contributed by atoms with E-state index in [9.17, 15) is 9.59 Å². The summed E-state index contributed by atoms with van der Waals surface area (Å²) in [7, 11) is 3.11. The molecule has 0 unspecified atom stereocenters. The van der Waals surface area contributed by atoms with Gasteiger partial charge in [0.2, 0.25) is 0 Å². The molecule has 2 amide bonds. The third-order valence-corrected chi connectivity index (χ3v) is 4.79. The largest absolute Gasteiger partial charge is 0.497 e. The second-order valence-electron chi connectivity index (χ2n) is 6.47. The Morgan fingerprint density at radius 1 is 1.00 bits per heavy atom. The monoisotopic (exact) mass is 368 g/mol. The minimum absolute atomic E-state index is 0.0639. The van der Waals surface area contributed by atoms with Crippen molar-refractivity contribution in [2.45, 2.75) is 18.9 Å². The summed E-state index contributed by atoms with van der Waals surface area (Å²) in [6, 6.07) is 14.4. The number of methoxy groups -OCH3 is 2. The van der Waals surface area contributed by atoms with Crippen LogP contribution in [0.4, 0.5) is 0 Å². The van der Waals surface area contributed by atoms with E-state index >= 15 is 0 Å². The number of carbonyl (C=O) groups excluding carboxylic acids is 2. The van der Waals surface area contributed by atoms with Gasteiger partial charge in [-0.15, -0.1) is 0 Å². The maximum atomic E-state index is 12.9. The maximum Gasteiger partial charge on any atom is 0.257 e. The molecule has 0 atom stereocenters. The Kier molecular flexibility index (Phi) is 5.96. The molecule has 0 aromatic heterocycles. The van der Waals surface area contributed by atoms with Crippen LogP contribution in [0.15, 0.2) is 48.5 Å². The van der Waals surface area contributed by atoms with Gasteiger partial charge in [0.25, 0.3) is 11.8 Å². The van der Waals surface area contributed by atoms with Crippen molar-refractivity contribution in [3.63, 3.8) is 0 Å². The topological polar surface area (TPSA) is 67.9 Å². The number of piperidine rings is 1. The number of ether oxygens (including phenoxy) is 2. The molecule has 0 spiro atoms. The van der Waals surface area contributed by atoms with Crippen LogP contribution in [0.2, 0.25) is 0 Å². The average Bonchev–Trinajstić information content (AvgIpc) is 2.73. The minimum Gasteiger partial charge on any atom is -0.497 e. The molecule has 27 heavy (non-hydrogen) atoms. The SMILES string of the molecule is COc1ccc(OC)c(C(=O)N2CCC(NC(=O)c3ccccc3)CC2)c1. The van der Waals surface area contributed by atoms with E-state index in [2.05, 4.69) is 5.32 Å². The molecular weight excluding hydrogens is 344 g/mol. The van der Waals surface area contributed by atoms with Gasteiger partial charge in [-0.3, -0.25) is 9.59 Å². The van der Waals surface area contributed by atoms with Crippen molar-refractivity contribution in [2.75, 3.05) is 27.3 Å². The lowest BCUT2D eigenvalue weighted by Crippen LogP contribution is -2.46. The molecule has 1 saturated heterocycles. The molecule has 1 aliphatic rings. The lowest BCUT2D eigenvalue weighted by atomic mass is 10.0. The Hall–Kier alpha value is -3.02. The highest BCUT2D eigenvalue weighted by Gasteiger charge is 2.26. The number of nitrogens with zero attached hydrogens (tertiary/aromatic N) is 1. The Bertz CT molecular complexity index is 799. The Labute approximate surface area is 159 Å². The van der Waals surface area contributed by atoms with E-state index in [4.69, 9.17) is 9.47 Å². The number of hydrogen-bond acceptors (Lipinski definition) is 4. The molecule has 0 aliphatic carbocycles. The molecule has 1 aliphatic heterocycles. The van der Waals surface area contributed by atoms with Gasteiger partial charge >= 0.3 is 0 Å². The lowest BCUT2D eigenvalue weighted by molar-refractivity contribution is 0.0694. The third-order valence-electron chi connectivity index (χ3n) is 4.79. The van der Waals surface area contributed by atoms with Crippen LogP contribution in [-0.2, 0) is 0 Å². The van der Waals surface area contributed by atoms with Crippen LogP contribution in [0.3, 0.4) is 0 Å². The van der Waals surface area contributed by atoms with Gasteiger partial charge in [-0.2, -0.15) is 0 Å². The molecule has 2 aromatic rings. The smallest absolute Gasteiger partial charge is 0.257 e. The van der Waals surface area contributed by atoms with E-state index in [1.165, 1.54) is 0 Å². The van der Waals surface area contributed by atoms with Gasteiger partial charge in [0.15, 0.2) is 0 Å². The van der Waals surface area contributed by atoms with E-state index in [1.54, 1.807) is 49.5 Å². The van der Waals surface area contributed by atoms with Crippen LogP contribution >= 0.6 is 0 Å². The minimum atomic E-state index is -0.0846. The van der Waals surface area contributed by atoms with Gasteiger partial charge in [0.1, 0.15) is 11.5 Å². The first-order valence-corrected chi connectivity index (χ1v) is 8.99. The van der Waals surface area contributed by atoms with E-state index in [1.807, 2.05) is 18.2 Å².